The molecular weight excluding hydrogens is 254 g/mol. The number of carboxylic acids is 1. The zero-order valence-corrected chi connectivity index (χ0v) is 7.86. The quantitative estimate of drug-likeness (QED) is 0.824. The van der Waals surface area contributed by atoms with E-state index in [4.69, 9.17) is 5.11 Å². The van der Waals surface area contributed by atoms with Crippen LogP contribution in [-0.4, -0.2) is 11.1 Å². The highest BCUT2D eigenvalue weighted by molar-refractivity contribution is 5.89. The Bertz CT molecular complexity index is 452. The molecule has 8 heteroatoms. The number of hydrogen-bond donors (Lipinski definition) is 1. The lowest BCUT2D eigenvalue weighted by atomic mass is 10.0. The third-order valence-electron chi connectivity index (χ3n) is 1.91. The molecule has 0 aliphatic heterocycles. The molecule has 0 radical (unpaired) electrons. The maximum Gasteiger partial charge on any atom is 0.417 e. The lowest BCUT2D eigenvalue weighted by Crippen LogP contribution is -2.14. The van der Waals surface area contributed by atoms with Gasteiger partial charge in [0.15, 0.2) is 0 Å². The van der Waals surface area contributed by atoms with Crippen LogP contribution >= 0.6 is 0 Å². The number of carboxylic acid groups (broad SMARTS) is 1. The van der Waals surface area contributed by atoms with E-state index in [1.54, 1.807) is 0 Å². The van der Waals surface area contributed by atoms with E-state index in [2.05, 4.69) is 0 Å². The normalized spacial score (nSPS) is 11.9. The van der Waals surface area contributed by atoms with E-state index >= 15 is 0 Å². The van der Waals surface area contributed by atoms with Gasteiger partial charge in [-0.2, -0.15) is 13.2 Å². The molecule has 1 N–H and O–H groups in total. The van der Waals surface area contributed by atoms with Crippen molar-refractivity contribution in [3.8, 4) is 0 Å². The Morgan fingerprint density at radius 2 is 1.76 bits per heavy atom. The van der Waals surface area contributed by atoms with Crippen LogP contribution in [-0.2, 0) is 6.18 Å². The van der Waals surface area contributed by atoms with Crippen LogP contribution in [0.15, 0.2) is 12.1 Å². The van der Waals surface area contributed by atoms with E-state index in [-0.39, 0.29) is 12.1 Å². The van der Waals surface area contributed by atoms with E-state index < -0.39 is 41.1 Å². The molecule has 94 valence electrons. The molecule has 0 bridgehead atoms. The molecule has 0 fully saturated rings. The van der Waals surface area contributed by atoms with Crippen molar-refractivity contribution in [1.29, 1.82) is 0 Å². The first-order valence-corrected chi connectivity index (χ1v) is 4.06. The molecule has 2 nitrogen and oxygen atoms in total. The first-order valence-electron chi connectivity index (χ1n) is 4.06. The first-order chi connectivity index (χ1) is 7.64. The maximum atomic E-state index is 12.9. The largest absolute Gasteiger partial charge is 0.478 e. The standard InChI is InChI=1S/C9H4F6O2/c10-6-2-3(8(16)17)5(9(13,14)15)1-4(6)7(11)12/h1-2,7H,(H,16,17). The fourth-order valence-electron chi connectivity index (χ4n) is 1.17. The summed E-state index contributed by atoms with van der Waals surface area (Å²) in [6, 6.07) is -0.254. The average molecular weight is 258 g/mol. The predicted octanol–water partition coefficient (Wildman–Crippen LogP) is 3.48. The number of rotatable bonds is 2. The van der Waals surface area contributed by atoms with Gasteiger partial charge in [0.05, 0.1) is 16.7 Å². The monoisotopic (exact) mass is 258 g/mol. The lowest BCUT2D eigenvalue weighted by Gasteiger charge is -2.12. The number of carbonyl (C=O) groups is 1. The third-order valence-corrected chi connectivity index (χ3v) is 1.91. The SMILES string of the molecule is O=C(O)c1cc(F)c(C(F)F)cc1C(F)(F)F. The summed E-state index contributed by atoms with van der Waals surface area (Å²) in [5.74, 6) is -3.73. The van der Waals surface area contributed by atoms with Gasteiger partial charge in [0.1, 0.15) is 5.82 Å². The van der Waals surface area contributed by atoms with Crippen LogP contribution in [0.25, 0.3) is 0 Å². The molecule has 0 aromatic heterocycles. The number of benzene rings is 1. The number of halogens is 6. The van der Waals surface area contributed by atoms with Crippen LogP contribution in [0.3, 0.4) is 0 Å². The number of hydrogen-bond acceptors (Lipinski definition) is 1. The van der Waals surface area contributed by atoms with Crippen molar-refractivity contribution in [2.24, 2.45) is 0 Å². The van der Waals surface area contributed by atoms with Gasteiger partial charge in [0.25, 0.3) is 6.43 Å². The molecule has 0 aliphatic carbocycles. The second-order valence-corrected chi connectivity index (χ2v) is 3.02. The van der Waals surface area contributed by atoms with Crippen molar-refractivity contribution in [2.45, 2.75) is 12.6 Å². The fraction of sp³-hybridized carbons (Fsp3) is 0.222. The van der Waals surface area contributed by atoms with E-state index in [9.17, 15) is 31.1 Å². The molecule has 0 unspecified atom stereocenters. The van der Waals surface area contributed by atoms with Gasteiger partial charge in [-0.1, -0.05) is 0 Å². The van der Waals surface area contributed by atoms with Crippen LogP contribution < -0.4 is 0 Å². The Labute approximate surface area is 90.5 Å². The topological polar surface area (TPSA) is 37.3 Å². The maximum absolute atomic E-state index is 12.9. The van der Waals surface area contributed by atoms with Crippen LogP contribution in [0.2, 0.25) is 0 Å². The minimum Gasteiger partial charge on any atom is -0.478 e. The lowest BCUT2D eigenvalue weighted by molar-refractivity contribution is -0.138. The van der Waals surface area contributed by atoms with Crippen LogP contribution in [0, 0.1) is 5.82 Å². The van der Waals surface area contributed by atoms with Crippen molar-refractivity contribution in [3.05, 3.63) is 34.6 Å². The summed E-state index contributed by atoms with van der Waals surface area (Å²) in [4.78, 5) is 10.4. The molecule has 0 aliphatic rings. The van der Waals surface area contributed by atoms with E-state index in [1.807, 2.05) is 0 Å². The summed E-state index contributed by atoms with van der Waals surface area (Å²) in [5, 5.41) is 8.43. The molecule has 1 aromatic carbocycles. The summed E-state index contributed by atoms with van der Waals surface area (Å²) in [6.45, 7) is 0. The number of alkyl halides is 5. The first kappa shape index (κ1) is 13.3. The highest BCUT2D eigenvalue weighted by atomic mass is 19.4. The zero-order valence-electron chi connectivity index (χ0n) is 7.86. The molecule has 0 amide bonds. The van der Waals surface area contributed by atoms with Gasteiger partial charge < -0.3 is 5.11 Å². The number of aromatic carboxylic acids is 1. The fourth-order valence-corrected chi connectivity index (χ4v) is 1.17. The molecule has 0 saturated carbocycles. The van der Waals surface area contributed by atoms with Crippen LogP contribution in [0.1, 0.15) is 27.9 Å². The zero-order chi connectivity index (χ0) is 13.4. The second kappa shape index (κ2) is 4.27. The van der Waals surface area contributed by atoms with Crippen LogP contribution in [0.4, 0.5) is 26.3 Å². The average Bonchev–Trinajstić information content (AvgIpc) is 2.14. The Morgan fingerprint density at radius 3 is 2.12 bits per heavy atom. The van der Waals surface area contributed by atoms with Crippen LogP contribution in [0.5, 0.6) is 0 Å². The summed E-state index contributed by atoms with van der Waals surface area (Å²) in [7, 11) is 0. The highest BCUT2D eigenvalue weighted by Gasteiger charge is 2.37. The smallest absolute Gasteiger partial charge is 0.417 e. The molecule has 0 spiro atoms. The minimum atomic E-state index is -5.15. The molecule has 0 atom stereocenters. The van der Waals surface area contributed by atoms with Crippen molar-refractivity contribution in [3.63, 3.8) is 0 Å². The summed E-state index contributed by atoms with van der Waals surface area (Å²) >= 11 is 0. The second-order valence-electron chi connectivity index (χ2n) is 3.02. The summed E-state index contributed by atoms with van der Waals surface area (Å²) < 4.78 is 74.3. The Kier molecular flexibility index (Phi) is 3.35. The molecular formula is C9H4F6O2. The Balaban J connectivity index is 3.54. The van der Waals surface area contributed by atoms with Gasteiger partial charge in [-0.15, -0.1) is 0 Å². The van der Waals surface area contributed by atoms with Gasteiger partial charge in [-0.3, -0.25) is 0 Å². The summed E-state index contributed by atoms with van der Waals surface area (Å²) in [6.07, 6.45) is -8.61. The van der Waals surface area contributed by atoms with Crippen molar-refractivity contribution >= 4 is 5.97 Å². The summed E-state index contributed by atoms with van der Waals surface area (Å²) in [5.41, 5.74) is -4.69. The minimum absolute atomic E-state index is 0.0628. The van der Waals surface area contributed by atoms with Crippen molar-refractivity contribution in [1.82, 2.24) is 0 Å². The Hall–Kier alpha value is -1.73. The van der Waals surface area contributed by atoms with Gasteiger partial charge >= 0.3 is 12.1 Å². The van der Waals surface area contributed by atoms with Crippen molar-refractivity contribution < 1.29 is 36.2 Å². The van der Waals surface area contributed by atoms with Gasteiger partial charge in [-0.25, -0.2) is 18.0 Å². The Morgan fingerprint density at radius 1 is 1.24 bits per heavy atom. The van der Waals surface area contributed by atoms with Crippen molar-refractivity contribution in [2.75, 3.05) is 0 Å². The molecule has 0 heterocycles. The molecule has 1 aromatic rings. The van der Waals surface area contributed by atoms with Gasteiger partial charge in [-0.05, 0) is 12.1 Å². The van der Waals surface area contributed by atoms with E-state index in [1.165, 1.54) is 0 Å². The molecule has 1 rings (SSSR count). The van der Waals surface area contributed by atoms with E-state index in [0.29, 0.717) is 0 Å². The predicted molar refractivity (Wildman–Crippen MR) is 43.3 cm³/mol. The van der Waals surface area contributed by atoms with Gasteiger partial charge in [0.2, 0.25) is 0 Å². The van der Waals surface area contributed by atoms with E-state index in [0.717, 1.165) is 0 Å². The third kappa shape index (κ3) is 2.69. The highest BCUT2D eigenvalue weighted by Crippen LogP contribution is 2.35. The molecule has 17 heavy (non-hydrogen) atoms. The van der Waals surface area contributed by atoms with Gasteiger partial charge in [0, 0.05) is 0 Å². The molecule has 0 saturated heterocycles.